The molecule has 27 heavy (non-hydrogen) atoms. The van der Waals surface area contributed by atoms with Crippen LogP contribution in [0.15, 0.2) is 66.7 Å². The fraction of sp³-hybridized carbons (Fsp3) is 0.0870. The van der Waals surface area contributed by atoms with Gasteiger partial charge in [-0.1, -0.05) is 48.5 Å². The highest BCUT2D eigenvalue weighted by Gasteiger charge is 2.52. The first kappa shape index (κ1) is 15.7. The summed E-state index contributed by atoms with van der Waals surface area (Å²) in [6.45, 7) is 1.98. The first-order valence-electron chi connectivity index (χ1n) is 8.79. The summed E-state index contributed by atoms with van der Waals surface area (Å²) in [6.07, 6.45) is 1.88. The maximum absolute atomic E-state index is 13.2. The number of carbonyl (C=O) groups excluding carboxylic acids is 1. The van der Waals surface area contributed by atoms with Crippen molar-refractivity contribution in [3.8, 4) is 11.5 Å². The molecule has 1 heterocycles. The van der Waals surface area contributed by atoms with Gasteiger partial charge >= 0.3 is 0 Å². The zero-order valence-corrected chi connectivity index (χ0v) is 14.7. The molecule has 0 aromatic heterocycles. The van der Waals surface area contributed by atoms with Gasteiger partial charge in [-0.15, -0.1) is 0 Å². The molecule has 1 amide bonds. The van der Waals surface area contributed by atoms with E-state index in [1.165, 1.54) is 0 Å². The van der Waals surface area contributed by atoms with Crippen LogP contribution < -0.4 is 5.32 Å². The fourth-order valence-corrected chi connectivity index (χ4v) is 4.46. The molecule has 132 valence electrons. The van der Waals surface area contributed by atoms with Crippen molar-refractivity contribution in [2.75, 3.05) is 5.32 Å². The SMILES string of the molecule is Cc1cccc2c1C1(C=C(c3ccccc3O)c3c(O)cccc31)C(=O)N2. The van der Waals surface area contributed by atoms with E-state index in [9.17, 15) is 15.0 Å². The summed E-state index contributed by atoms with van der Waals surface area (Å²) in [4.78, 5) is 13.2. The van der Waals surface area contributed by atoms with Gasteiger partial charge in [0.05, 0.1) is 0 Å². The van der Waals surface area contributed by atoms with Gasteiger partial charge in [0.25, 0.3) is 0 Å². The van der Waals surface area contributed by atoms with Crippen LogP contribution in [0.3, 0.4) is 0 Å². The third-order valence-corrected chi connectivity index (χ3v) is 5.57. The number of phenolic OH excluding ortho intramolecular Hbond substituents is 2. The lowest BCUT2D eigenvalue weighted by atomic mass is 9.75. The van der Waals surface area contributed by atoms with Crippen LogP contribution in [0, 0.1) is 6.92 Å². The summed E-state index contributed by atoms with van der Waals surface area (Å²) < 4.78 is 0. The molecule has 1 aliphatic heterocycles. The average molecular weight is 355 g/mol. The topological polar surface area (TPSA) is 69.6 Å². The van der Waals surface area contributed by atoms with Gasteiger partial charge in [-0.3, -0.25) is 4.79 Å². The number of nitrogens with one attached hydrogen (secondary N) is 1. The van der Waals surface area contributed by atoms with E-state index in [4.69, 9.17) is 0 Å². The Kier molecular flexibility index (Phi) is 3.05. The molecule has 1 aliphatic carbocycles. The third kappa shape index (κ3) is 1.90. The summed E-state index contributed by atoms with van der Waals surface area (Å²) in [5.74, 6) is 0.0520. The van der Waals surface area contributed by atoms with Gasteiger partial charge in [0.2, 0.25) is 5.91 Å². The Morgan fingerprint density at radius 1 is 0.889 bits per heavy atom. The third-order valence-electron chi connectivity index (χ3n) is 5.57. The second-order valence-corrected chi connectivity index (χ2v) is 7.03. The van der Waals surface area contributed by atoms with Crippen molar-refractivity contribution in [1.82, 2.24) is 0 Å². The van der Waals surface area contributed by atoms with Gasteiger partial charge in [-0.05, 0) is 41.8 Å². The molecular weight excluding hydrogens is 338 g/mol. The van der Waals surface area contributed by atoms with Crippen LogP contribution in [0.25, 0.3) is 5.57 Å². The van der Waals surface area contributed by atoms with Crippen molar-refractivity contribution in [3.05, 3.63) is 94.6 Å². The van der Waals surface area contributed by atoms with Crippen LogP contribution in [0.2, 0.25) is 0 Å². The first-order valence-corrected chi connectivity index (χ1v) is 8.79. The zero-order valence-electron chi connectivity index (χ0n) is 14.7. The summed E-state index contributed by atoms with van der Waals surface area (Å²) in [6, 6.07) is 18.0. The highest BCUT2D eigenvalue weighted by molar-refractivity contribution is 6.15. The first-order chi connectivity index (χ1) is 13.0. The maximum atomic E-state index is 13.2. The highest BCUT2D eigenvalue weighted by Crippen LogP contribution is 2.56. The number of anilines is 1. The molecule has 5 rings (SSSR count). The number of aromatic hydroxyl groups is 2. The molecule has 0 radical (unpaired) electrons. The Morgan fingerprint density at radius 3 is 2.44 bits per heavy atom. The molecule has 3 aromatic carbocycles. The van der Waals surface area contributed by atoms with Gasteiger partial charge in [0.1, 0.15) is 16.9 Å². The lowest BCUT2D eigenvalue weighted by molar-refractivity contribution is -0.118. The second kappa shape index (κ2) is 5.24. The summed E-state index contributed by atoms with van der Waals surface area (Å²) >= 11 is 0. The zero-order chi connectivity index (χ0) is 18.8. The van der Waals surface area contributed by atoms with E-state index >= 15 is 0 Å². The Hall–Kier alpha value is -3.53. The van der Waals surface area contributed by atoms with Crippen molar-refractivity contribution in [2.24, 2.45) is 0 Å². The molecule has 4 heteroatoms. The number of fused-ring (bicyclic) bond motifs is 4. The minimum Gasteiger partial charge on any atom is -0.507 e. The fourth-order valence-electron chi connectivity index (χ4n) is 4.46. The lowest BCUT2D eigenvalue weighted by Gasteiger charge is -2.23. The summed E-state index contributed by atoms with van der Waals surface area (Å²) in [5, 5.41) is 24.0. The van der Waals surface area contributed by atoms with Crippen LogP contribution >= 0.6 is 0 Å². The number of benzene rings is 3. The van der Waals surface area contributed by atoms with Crippen molar-refractivity contribution < 1.29 is 15.0 Å². The number of hydrogen-bond acceptors (Lipinski definition) is 3. The van der Waals surface area contributed by atoms with Gasteiger partial charge in [-0.2, -0.15) is 0 Å². The lowest BCUT2D eigenvalue weighted by Crippen LogP contribution is -2.32. The normalized spacial score (nSPS) is 19.6. The number of rotatable bonds is 1. The molecule has 0 bridgehead atoms. The van der Waals surface area contributed by atoms with E-state index in [1.54, 1.807) is 30.3 Å². The van der Waals surface area contributed by atoms with Crippen molar-refractivity contribution in [1.29, 1.82) is 0 Å². The summed E-state index contributed by atoms with van der Waals surface area (Å²) in [5.41, 5.74) is 4.22. The molecule has 4 nitrogen and oxygen atoms in total. The molecule has 0 saturated heterocycles. The van der Waals surface area contributed by atoms with E-state index in [-0.39, 0.29) is 17.4 Å². The molecule has 3 aromatic rings. The largest absolute Gasteiger partial charge is 0.507 e. The monoisotopic (exact) mass is 355 g/mol. The minimum atomic E-state index is -1.02. The Morgan fingerprint density at radius 2 is 1.63 bits per heavy atom. The smallest absolute Gasteiger partial charge is 0.243 e. The highest BCUT2D eigenvalue weighted by atomic mass is 16.3. The van der Waals surface area contributed by atoms with Gasteiger partial charge in [0, 0.05) is 22.4 Å². The number of phenols is 2. The molecule has 3 N–H and O–H groups in total. The van der Waals surface area contributed by atoms with E-state index < -0.39 is 5.41 Å². The van der Waals surface area contributed by atoms with Crippen molar-refractivity contribution in [2.45, 2.75) is 12.3 Å². The Bertz CT molecular complexity index is 1160. The van der Waals surface area contributed by atoms with E-state index in [1.807, 2.05) is 43.3 Å². The maximum Gasteiger partial charge on any atom is 0.243 e. The predicted molar refractivity (Wildman–Crippen MR) is 104 cm³/mol. The Balaban J connectivity index is 1.91. The van der Waals surface area contributed by atoms with Crippen LogP contribution in [-0.2, 0) is 10.2 Å². The van der Waals surface area contributed by atoms with Gasteiger partial charge in [-0.25, -0.2) is 0 Å². The van der Waals surface area contributed by atoms with Crippen molar-refractivity contribution >= 4 is 17.2 Å². The van der Waals surface area contributed by atoms with Crippen LogP contribution in [0.4, 0.5) is 5.69 Å². The number of hydrogen-bond donors (Lipinski definition) is 3. The molecular formula is C23H17NO3. The number of amides is 1. The van der Waals surface area contributed by atoms with E-state index in [0.29, 0.717) is 16.7 Å². The van der Waals surface area contributed by atoms with Gasteiger partial charge < -0.3 is 15.5 Å². The van der Waals surface area contributed by atoms with Crippen LogP contribution in [0.5, 0.6) is 11.5 Å². The molecule has 0 fully saturated rings. The molecule has 1 spiro atoms. The van der Waals surface area contributed by atoms with E-state index in [2.05, 4.69) is 5.32 Å². The molecule has 1 unspecified atom stereocenters. The Labute approximate surface area is 156 Å². The molecule has 0 saturated carbocycles. The van der Waals surface area contributed by atoms with Crippen LogP contribution in [0.1, 0.15) is 27.8 Å². The minimum absolute atomic E-state index is 0.0914. The number of aryl methyl sites for hydroxylation is 1. The van der Waals surface area contributed by atoms with Crippen LogP contribution in [-0.4, -0.2) is 16.1 Å². The second-order valence-electron chi connectivity index (χ2n) is 7.03. The van der Waals surface area contributed by atoms with Gasteiger partial charge in [0.15, 0.2) is 0 Å². The van der Waals surface area contributed by atoms with Crippen molar-refractivity contribution in [3.63, 3.8) is 0 Å². The quantitative estimate of drug-likeness (QED) is 0.616. The number of carbonyl (C=O) groups is 1. The standard InChI is InChI=1S/C23H17NO3/c1-13-6-4-9-17-21(13)23(22(27)24-17)12-15(14-7-2-3-10-18(14)25)20-16(23)8-5-11-19(20)26/h2-12,25-26H,1H3,(H,24,27). The molecule has 2 aliphatic rings. The van der Waals surface area contributed by atoms with E-state index in [0.717, 1.165) is 22.4 Å². The average Bonchev–Trinajstić information content (AvgIpc) is 3.14. The predicted octanol–water partition coefficient (Wildman–Crippen LogP) is 4.09. The number of para-hydroxylation sites is 1. The molecule has 1 atom stereocenters. The summed E-state index contributed by atoms with van der Waals surface area (Å²) in [7, 11) is 0.